The lowest BCUT2D eigenvalue weighted by Gasteiger charge is -2.34. The summed E-state index contributed by atoms with van der Waals surface area (Å²) in [5.41, 5.74) is 1.78. The smallest absolute Gasteiger partial charge is 0.126 e. The van der Waals surface area contributed by atoms with Crippen molar-refractivity contribution in [3.05, 3.63) is 54.1 Å². The van der Waals surface area contributed by atoms with Crippen molar-refractivity contribution < 1.29 is 4.39 Å². The average molecular weight is 339 g/mol. The highest BCUT2D eigenvalue weighted by Crippen LogP contribution is 2.21. The Kier molecular flexibility index (Phi) is 4.36. The molecule has 2 aromatic heterocycles. The molecule has 6 heteroatoms. The molecule has 1 N–H and O–H groups in total. The van der Waals surface area contributed by atoms with Gasteiger partial charge in [-0.25, -0.2) is 4.39 Å². The summed E-state index contributed by atoms with van der Waals surface area (Å²) in [4.78, 5) is 6.78. The lowest BCUT2D eigenvalue weighted by molar-refractivity contribution is 0.417. The van der Waals surface area contributed by atoms with E-state index in [9.17, 15) is 4.39 Å². The van der Waals surface area contributed by atoms with Gasteiger partial charge in [0.25, 0.3) is 0 Å². The number of hydrogen-bond acceptors (Lipinski definition) is 4. The molecule has 0 bridgehead atoms. The third-order valence-electron chi connectivity index (χ3n) is 4.87. The summed E-state index contributed by atoms with van der Waals surface area (Å²) < 4.78 is 15.8. The molecule has 1 aromatic carbocycles. The molecule has 1 saturated heterocycles. The first-order valence-corrected chi connectivity index (χ1v) is 8.70. The van der Waals surface area contributed by atoms with E-state index in [1.54, 1.807) is 12.3 Å². The van der Waals surface area contributed by atoms with E-state index in [0.717, 1.165) is 48.2 Å². The maximum absolute atomic E-state index is 13.9. The van der Waals surface area contributed by atoms with E-state index in [1.165, 1.54) is 6.07 Å². The second-order valence-electron chi connectivity index (χ2n) is 6.62. The van der Waals surface area contributed by atoms with Crippen molar-refractivity contribution in [2.75, 3.05) is 18.0 Å². The van der Waals surface area contributed by atoms with Crippen molar-refractivity contribution in [2.45, 2.75) is 25.4 Å². The molecule has 0 aliphatic carbocycles. The SMILES string of the molecule is Cn1nccc1N1CCCC(NCc2cc(F)cc3cccnc23)C1. The Morgan fingerprint density at radius 2 is 2.20 bits per heavy atom. The van der Waals surface area contributed by atoms with Gasteiger partial charge >= 0.3 is 0 Å². The highest BCUT2D eigenvalue weighted by atomic mass is 19.1. The van der Waals surface area contributed by atoms with Gasteiger partial charge in [0, 0.05) is 50.4 Å². The summed E-state index contributed by atoms with van der Waals surface area (Å²) in [6.45, 7) is 2.59. The molecule has 1 aliphatic heterocycles. The molecular weight excluding hydrogens is 317 g/mol. The van der Waals surface area contributed by atoms with Gasteiger partial charge in [-0.15, -0.1) is 0 Å². The number of nitrogens with one attached hydrogen (secondary N) is 1. The number of piperidine rings is 1. The zero-order valence-corrected chi connectivity index (χ0v) is 14.3. The Labute approximate surface area is 146 Å². The molecule has 5 nitrogen and oxygen atoms in total. The second kappa shape index (κ2) is 6.80. The molecule has 0 radical (unpaired) electrons. The van der Waals surface area contributed by atoms with E-state index < -0.39 is 0 Å². The molecular formula is C19H22FN5. The number of pyridine rings is 1. The zero-order chi connectivity index (χ0) is 17.2. The molecule has 25 heavy (non-hydrogen) atoms. The van der Waals surface area contributed by atoms with Gasteiger partial charge in [0.15, 0.2) is 0 Å². The first-order valence-electron chi connectivity index (χ1n) is 8.70. The lowest BCUT2D eigenvalue weighted by atomic mass is 10.0. The van der Waals surface area contributed by atoms with Gasteiger partial charge in [-0.3, -0.25) is 9.67 Å². The number of halogens is 1. The number of nitrogens with zero attached hydrogens (tertiary/aromatic N) is 4. The van der Waals surface area contributed by atoms with Crippen molar-refractivity contribution in [3.8, 4) is 0 Å². The Balaban J connectivity index is 1.47. The maximum Gasteiger partial charge on any atom is 0.126 e. The molecule has 4 rings (SSSR count). The molecule has 1 fully saturated rings. The van der Waals surface area contributed by atoms with Crippen molar-refractivity contribution in [2.24, 2.45) is 7.05 Å². The van der Waals surface area contributed by atoms with Gasteiger partial charge in [0.2, 0.25) is 0 Å². The minimum absolute atomic E-state index is 0.211. The van der Waals surface area contributed by atoms with Crippen LogP contribution in [0.5, 0.6) is 0 Å². The second-order valence-corrected chi connectivity index (χ2v) is 6.62. The number of aryl methyl sites for hydroxylation is 1. The van der Waals surface area contributed by atoms with Crippen LogP contribution in [0.1, 0.15) is 18.4 Å². The van der Waals surface area contributed by atoms with Gasteiger partial charge < -0.3 is 10.2 Å². The fraction of sp³-hybridized carbons (Fsp3) is 0.368. The fourth-order valence-electron chi connectivity index (χ4n) is 3.65. The molecule has 3 aromatic rings. The van der Waals surface area contributed by atoms with Crippen LogP contribution < -0.4 is 10.2 Å². The predicted octanol–water partition coefficient (Wildman–Crippen LogP) is 2.87. The van der Waals surface area contributed by atoms with E-state index >= 15 is 0 Å². The average Bonchev–Trinajstić information content (AvgIpc) is 3.06. The maximum atomic E-state index is 13.9. The van der Waals surface area contributed by atoms with Gasteiger partial charge in [-0.1, -0.05) is 6.07 Å². The van der Waals surface area contributed by atoms with Crippen molar-refractivity contribution >= 4 is 16.7 Å². The molecule has 1 atom stereocenters. The molecule has 0 spiro atoms. The summed E-state index contributed by atoms with van der Waals surface area (Å²) >= 11 is 0. The Morgan fingerprint density at radius 3 is 3.04 bits per heavy atom. The molecule has 3 heterocycles. The Hall–Kier alpha value is -2.47. The van der Waals surface area contributed by atoms with Gasteiger partial charge in [0.1, 0.15) is 11.6 Å². The summed E-state index contributed by atoms with van der Waals surface area (Å²) in [6.07, 6.45) is 5.84. The third kappa shape index (κ3) is 3.35. The zero-order valence-electron chi connectivity index (χ0n) is 14.3. The van der Waals surface area contributed by atoms with Gasteiger partial charge in [-0.05, 0) is 36.6 Å². The van der Waals surface area contributed by atoms with Crippen LogP contribution in [0.15, 0.2) is 42.7 Å². The molecule has 0 saturated carbocycles. The number of aromatic nitrogens is 3. The molecule has 1 unspecified atom stereocenters. The van der Waals surface area contributed by atoms with Crippen LogP contribution in [0.4, 0.5) is 10.2 Å². The van der Waals surface area contributed by atoms with Crippen LogP contribution in [-0.2, 0) is 13.6 Å². The minimum Gasteiger partial charge on any atom is -0.355 e. The summed E-state index contributed by atoms with van der Waals surface area (Å²) in [5.74, 6) is 0.932. The fourth-order valence-corrected chi connectivity index (χ4v) is 3.65. The number of anilines is 1. The van der Waals surface area contributed by atoms with Crippen LogP contribution in [0.2, 0.25) is 0 Å². The van der Waals surface area contributed by atoms with Crippen LogP contribution >= 0.6 is 0 Å². The van der Waals surface area contributed by atoms with E-state index in [0.29, 0.717) is 12.6 Å². The molecule has 1 aliphatic rings. The topological polar surface area (TPSA) is 46.0 Å². The van der Waals surface area contributed by atoms with Crippen LogP contribution in [-0.4, -0.2) is 33.9 Å². The minimum atomic E-state index is -0.211. The van der Waals surface area contributed by atoms with Crippen LogP contribution in [0, 0.1) is 5.82 Å². The van der Waals surface area contributed by atoms with E-state index in [1.807, 2.05) is 36.1 Å². The predicted molar refractivity (Wildman–Crippen MR) is 97.0 cm³/mol. The van der Waals surface area contributed by atoms with Crippen molar-refractivity contribution in [1.29, 1.82) is 0 Å². The van der Waals surface area contributed by atoms with E-state index in [-0.39, 0.29) is 5.82 Å². The number of fused-ring (bicyclic) bond motifs is 1. The number of rotatable bonds is 4. The summed E-state index contributed by atoms with van der Waals surface area (Å²) in [5, 5.41) is 8.70. The van der Waals surface area contributed by atoms with Crippen LogP contribution in [0.3, 0.4) is 0 Å². The third-order valence-corrected chi connectivity index (χ3v) is 4.87. The molecule has 130 valence electrons. The van der Waals surface area contributed by atoms with Gasteiger partial charge in [-0.2, -0.15) is 5.10 Å². The highest BCUT2D eigenvalue weighted by molar-refractivity contribution is 5.81. The Bertz CT molecular complexity index is 875. The first-order chi connectivity index (χ1) is 12.2. The standard InChI is InChI=1S/C19H22FN5/c1-24-18(6-8-23-24)25-9-3-5-17(13-25)22-12-15-11-16(20)10-14-4-2-7-21-19(14)15/h2,4,6-8,10-11,17,22H,3,5,9,12-13H2,1H3. The number of benzene rings is 1. The van der Waals surface area contributed by atoms with E-state index in [4.69, 9.17) is 0 Å². The quantitative estimate of drug-likeness (QED) is 0.794. The summed E-state index contributed by atoms with van der Waals surface area (Å²) in [6, 6.07) is 9.28. The largest absolute Gasteiger partial charge is 0.355 e. The highest BCUT2D eigenvalue weighted by Gasteiger charge is 2.21. The van der Waals surface area contributed by atoms with Crippen molar-refractivity contribution in [3.63, 3.8) is 0 Å². The first kappa shape index (κ1) is 16.0. The number of hydrogen-bond donors (Lipinski definition) is 1. The van der Waals surface area contributed by atoms with Gasteiger partial charge in [0.05, 0.1) is 11.7 Å². The van der Waals surface area contributed by atoms with E-state index in [2.05, 4.69) is 20.3 Å². The van der Waals surface area contributed by atoms with Crippen molar-refractivity contribution in [1.82, 2.24) is 20.1 Å². The van der Waals surface area contributed by atoms with Crippen LogP contribution in [0.25, 0.3) is 10.9 Å². The Morgan fingerprint density at radius 1 is 1.28 bits per heavy atom. The lowest BCUT2D eigenvalue weighted by Crippen LogP contribution is -2.46. The molecule has 0 amide bonds. The summed E-state index contributed by atoms with van der Waals surface area (Å²) in [7, 11) is 1.97. The normalized spacial score (nSPS) is 18.0. The monoisotopic (exact) mass is 339 g/mol.